The standard InChI is InChI=1S/C13H11NO3S3/c15-13(2-1-11-3-6-18-9-11)14-20(16,17)8-5-12-4-7-19-10-12/h1-10H,(H,14,15)/b2-1+,8-5-. The third kappa shape index (κ3) is 4.76. The molecule has 1 amide bonds. The van der Waals surface area contributed by atoms with Crippen molar-refractivity contribution in [3.8, 4) is 0 Å². The van der Waals surface area contributed by atoms with Gasteiger partial charge >= 0.3 is 0 Å². The summed E-state index contributed by atoms with van der Waals surface area (Å²) in [7, 11) is -3.77. The molecule has 0 saturated carbocycles. The average Bonchev–Trinajstić information content (AvgIpc) is 3.07. The predicted octanol–water partition coefficient (Wildman–Crippen LogP) is 2.94. The van der Waals surface area contributed by atoms with Gasteiger partial charge in [0, 0.05) is 6.08 Å². The molecule has 0 bridgehead atoms. The van der Waals surface area contributed by atoms with Gasteiger partial charge in [0.2, 0.25) is 0 Å². The lowest BCUT2D eigenvalue weighted by Crippen LogP contribution is -2.26. The van der Waals surface area contributed by atoms with E-state index in [2.05, 4.69) is 0 Å². The molecular formula is C13H11NO3S3. The second-order valence-corrected chi connectivity index (χ2v) is 6.89. The maximum absolute atomic E-state index is 11.7. The molecule has 7 heteroatoms. The molecule has 0 aromatic carbocycles. The second kappa shape index (κ2) is 6.65. The number of nitrogens with one attached hydrogen (secondary N) is 1. The lowest BCUT2D eigenvalue weighted by atomic mass is 10.3. The highest BCUT2D eigenvalue weighted by molar-refractivity contribution is 7.93. The summed E-state index contributed by atoms with van der Waals surface area (Å²) >= 11 is 2.97. The molecule has 2 aromatic heterocycles. The normalized spacial score (nSPS) is 12.2. The van der Waals surface area contributed by atoms with Crippen molar-refractivity contribution >= 4 is 50.8 Å². The zero-order chi connectivity index (χ0) is 14.4. The number of hydrogen-bond donors (Lipinski definition) is 1. The molecule has 0 aliphatic carbocycles. The van der Waals surface area contributed by atoms with E-state index in [1.165, 1.54) is 34.8 Å². The summed E-state index contributed by atoms with van der Waals surface area (Å²) in [5.41, 5.74) is 1.64. The van der Waals surface area contributed by atoms with Gasteiger partial charge in [-0.3, -0.25) is 4.79 Å². The van der Waals surface area contributed by atoms with Crippen molar-refractivity contribution < 1.29 is 13.2 Å². The van der Waals surface area contributed by atoms with E-state index < -0.39 is 15.9 Å². The molecule has 2 aromatic rings. The number of amides is 1. The fourth-order valence-electron chi connectivity index (χ4n) is 1.29. The Labute approximate surface area is 125 Å². The first-order valence-electron chi connectivity index (χ1n) is 5.52. The van der Waals surface area contributed by atoms with Crippen molar-refractivity contribution in [2.75, 3.05) is 0 Å². The Morgan fingerprint density at radius 3 is 2.20 bits per heavy atom. The molecule has 0 radical (unpaired) electrons. The first kappa shape index (κ1) is 14.7. The van der Waals surface area contributed by atoms with Gasteiger partial charge in [-0.1, -0.05) is 0 Å². The van der Waals surface area contributed by atoms with Crippen molar-refractivity contribution in [3.05, 3.63) is 56.3 Å². The Balaban J connectivity index is 1.96. The van der Waals surface area contributed by atoms with E-state index in [0.717, 1.165) is 16.5 Å². The maximum atomic E-state index is 11.7. The van der Waals surface area contributed by atoms with Crippen LogP contribution in [-0.4, -0.2) is 14.3 Å². The van der Waals surface area contributed by atoms with Gasteiger partial charge in [-0.25, -0.2) is 13.1 Å². The first-order valence-corrected chi connectivity index (χ1v) is 8.96. The van der Waals surface area contributed by atoms with E-state index in [1.54, 1.807) is 12.1 Å². The highest BCUT2D eigenvalue weighted by Crippen LogP contribution is 2.09. The van der Waals surface area contributed by atoms with Gasteiger partial charge in [0.15, 0.2) is 0 Å². The van der Waals surface area contributed by atoms with Gasteiger partial charge < -0.3 is 0 Å². The van der Waals surface area contributed by atoms with Crippen molar-refractivity contribution in [2.45, 2.75) is 0 Å². The summed E-state index contributed by atoms with van der Waals surface area (Å²) < 4.78 is 25.2. The highest BCUT2D eigenvalue weighted by Gasteiger charge is 2.08. The quantitative estimate of drug-likeness (QED) is 0.860. The molecule has 0 saturated heterocycles. The van der Waals surface area contributed by atoms with Crippen LogP contribution in [0.3, 0.4) is 0 Å². The minimum Gasteiger partial charge on any atom is -0.269 e. The maximum Gasteiger partial charge on any atom is 0.257 e. The topological polar surface area (TPSA) is 63.2 Å². The molecule has 104 valence electrons. The highest BCUT2D eigenvalue weighted by atomic mass is 32.2. The molecule has 0 spiro atoms. The predicted molar refractivity (Wildman–Crippen MR) is 83.8 cm³/mol. The van der Waals surface area contributed by atoms with E-state index >= 15 is 0 Å². The fraction of sp³-hybridized carbons (Fsp3) is 0. The van der Waals surface area contributed by atoms with E-state index in [-0.39, 0.29) is 0 Å². The van der Waals surface area contributed by atoms with E-state index in [1.807, 2.05) is 32.3 Å². The molecule has 20 heavy (non-hydrogen) atoms. The zero-order valence-electron chi connectivity index (χ0n) is 10.2. The zero-order valence-corrected chi connectivity index (χ0v) is 12.7. The minimum absolute atomic E-state index is 0.675. The minimum atomic E-state index is -3.77. The summed E-state index contributed by atoms with van der Waals surface area (Å²) in [5.74, 6) is -0.675. The Hall–Kier alpha value is -1.70. The summed E-state index contributed by atoms with van der Waals surface area (Å²) in [6.45, 7) is 0. The number of rotatable bonds is 5. The number of carbonyl (C=O) groups excluding carboxylic acids is 1. The third-order valence-corrected chi connectivity index (χ3v) is 4.58. The van der Waals surface area contributed by atoms with Crippen LogP contribution in [-0.2, 0) is 14.8 Å². The number of carbonyl (C=O) groups is 1. The molecular weight excluding hydrogens is 314 g/mol. The molecule has 2 rings (SSSR count). The van der Waals surface area contributed by atoms with Crippen LogP contribution >= 0.6 is 22.7 Å². The van der Waals surface area contributed by atoms with Crippen LogP contribution in [0, 0.1) is 0 Å². The van der Waals surface area contributed by atoms with Crippen LogP contribution in [0.15, 0.2) is 45.1 Å². The number of sulfonamides is 1. The largest absolute Gasteiger partial charge is 0.269 e. The monoisotopic (exact) mass is 325 g/mol. The van der Waals surface area contributed by atoms with Gasteiger partial charge in [-0.2, -0.15) is 22.7 Å². The van der Waals surface area contributed by atoms with Crippen LogP contribution in [0.25, 0.3) is 12.2 Å². The van der Waals surface area contributed by atoms with Crippen LogP contribution in [0.2, 0.25) is 0 Å². The van der Waals surface area contributed by atoms with Gasteiger partial charge in [0.1, 0.15) is 0 Å². The molecule has 0 unspecified atom stereocenters. The summed E-state index contributed by atoms with van der Waals surface area (Å²) in [6.07, 6.45) is 4.19. The molecule has 0 aliphatic heterocycles. The van der Waals surface area contributed by atoms with Crippen molar-refractivity contribution in [1.29, 1.82) is 0 Å². The van der Waals surface area contributed by atoms with Gasteiger partial charge in [0.25, 0.3) is 15.9 Å². The van der Waals surface area contributed by atoms with Crippen molar-refractivity contribution in [1.82, 2.24) is 4.72 Å². The van der Waals surface area contributed by atoms with E-state index in [9.17, 15) is 13.2 Å². The molecule has 4 nitrogen and oxygen atoms in total. The van der Waals surface area contributed by atoms with Gasteiger partial charge in [-0.05, 0) is 56.9 Å². The lowest BCUT2D eigenvalue weighted by Gasteiger charge is -1.98. The third-order valence-electron chi connectivity index (χ3n) is 2.20. The van der Waals surface area contributed by atoms with Crippen molar-refractivity contribution in [2.24, 2.45) is 0 Å². The Morgan fingerprint density at radius 2 is 1.65 bits per heavy atom. The number of hydrogen-bond acceptors (Lipinski definition) is 5. The van der Waals surface area contributed by atoms with Crippen LogP contribution in [0.1, 0.15) is 11.1 Å². The fourth-order valence-corrected chi connectivity index (χ4v) is 3.30. The number of thiophene rings is 2. The van der Waals surface area contributed by atoms with Gasteiger partial charge in [0.05, 0.1) is 5.41 Å². The molecule has 0 aliphatic rings. The Bertz CT molecular complexity index is 711. The smallest absolute Gasteiger partial charge is 0.257 e. The lowest BCUT2D eigenvalue weighted by molar-refractivity contribution is -0.114. The summed E-state index contributed by atoms with van der Waals surface area (Å²) in [6, 6.07) is 3.62. The van der Waals surface area contributed by atoms with Crippen LogP contribution < -0.4 is 4.72 Å². The van der Waals surface area contributed by atoms with Crippen LogP contribution in [0.4, 0.5) is 0 Å². The molecule has 1 N–H and O–H groups in total. The van der Waals surface area contributed by atoms with Gasteiger partial charge in [-0.15, -0.1) is 0 Å². The molecule has 0 fully saturated rings. The van der Waals surface area contributed by atoms with E-state index in [4.69, 9.17) is 0 Å². The SMILES string of the molecule is O=C(/C=C/c1ccsc1)NS(=O)(=O)/C=C\c1ccsc1. The van der Waals surface area contributed by atoms with Crippen molar-refractivity contribution in [3.63, 3.8) is 0 Å². The van der Waals surface area contributed by atoms with E-state index in [0.29, 0.717) is 0 Å². The summed E-state index contributed by atoms with van der Waals surface area (Å²) in [5, 5.41) is 8.36. The first-order chi connectivity index (χ1) is 9.55. The second-order valence-electron chi connectivity index (χ2n) is 3.76. The average molecular weight is 325 g/mol. The van der Waals surface area contributed by atoms with Crippen LogP contribution in [0.5, 0.6) is 0 Å². The molecule has 2 heterocycles. The Morgan fingerprint density at radius 1 is 1.05 bits per heavy atom. The summed E-state index contributed by atoms with van der Waals surface area (Å²) in [4.78, 5) is 11.5. The Kier molecular flexibility index (Phi) is 4.89. The molecule has 0 atom stereocenters.